The number of nitriles is 3. The van der Waals surface area contributed by atoms with E-state index in [2.05, 4.69) is 84.8 Å². The molecule has 0 radical (unpaired) electrons. The number of halogens is 1. The average Bonchev–Trinajstić information content (AvgIpc) is 1.67. The number of hydrogen-bond donors (Lipinski definition) is 3. The second-order valence-electron chi connectivity index (χ2n) is 26.1. The first-order valence-corrected chi connectivity index (χ1v) is 33.6. The van der Waals surface area contributed by atoms with Crippen molar-refractivity contribution in [3.05, 3.63) is 235 Å². The van der Waals surface area contributed by atoms with Crippen molar-refractivity contribution in [2.45, 2.75) is 119 Å². The molecule has 14 aromatic rings. The highest BCUT2D eigenvalue weighted by molar-refractivity contribution is 9.08. The van der Waals surface area contributed by atoms with Gasteiger partial charge in [-0.3, -0.25) is 25.1 Å². The summed E-state index contributed by atoms with van der Waals surface area (Å²) in [6.07, 6.45) is 24.8. The third-order valence-corrected chi connectivity index (χ3v) is 14.6. The number of carbonyl (C=O) groups is 3. The number of H-pyrrole nitrogens is 2. The van der Waals surface area contributed by atoms with Gasteiger partial charge in [0.15, 0.2) is 0 Å². The Balaban J connectivity index is 0.000000170. The number of hydrogen-bond acceptors (Lipinski definition) is 23. The average molecular weight is 1510 g/mol. The van der Waals surface area contributed by atoms with Crippen LogP contribution < -0.4 is 9.47 Å². The SMILES string of the molecule is C.CC(C)(C)OC(=O)n1cc(CBr)cn1.CC(C)(C)OC(=O)n1cc(COc2ccc3oc(-c4ccncc4C#N)cc3c2)cn1.Cc1cn[nH]c1.Cc1cnn(C(=O)OC(C)(C)C)c1.N#Cc1cnccc1-c1cc2cc(O)ccc2o1.N#Cc1cnccc1-c1cc2cc(OCc3cn[nH]c3)ccc2o1. The summed E-state index contributed by atoms with van der Waals surface area (Å²) in [4.78, 5) is 46.7. The van der Waals surface area contributed by atoms with Gasteiger partial charge in [-0.2, -0.15) is 55.3 Å². The summed E-state index contributed by atoms with van der Waals surface area (Å²) in [6, 6.07) is 33.1. The summed E-state index contributed by atoms with van der Waals surface area (Å²) >= 11 is 3.28. The largest absolute Gasteiger partial charge is 0.508 e. The zero-order chi connectivity index (χ0) is 76.1. The number of aromatic amines is 2. The maximum absolute atomic E-state index is 12.1. The predicted octanol–water partition coefficient (Wildman–Crippen LogP) is 17.6. The van der Waals surface area contributed by atoms with Crippen molar-refractivity contribution in [1.82, 2.24) is 64.7 Å². The van der Waals surface area contributed by atoms with Gasteiger partial charge in [-0.05, 0) is 178 Å². The lowest BCUT2D eigenvalue weighted by atomic mass is 10.1. The molecule has 0 spiro atoms. The molecule has 0 unspecified atom stereocenters. The molecule has 0 bridgehead atoms. The van der Waals surface area contributed by atoms with E-state index in [9.17, 15) is 30.0 Å². The number of nitrogens with one attached hydrogen (secondary N) is 2. The second kappa shape index (κ2) is 36.1. The number of furan rings is 3. The number of carbonyl (C=O) groups excluding carboxylic acids is 3. The molecule has 548 valence electrons. The number of nitrogens with zero attached hydrogens (tertiary/aromatic N) is 14. The number of benzene rings is 3. The molecule has 14 rings (SSSR count). The molecule has 0 fully saturated rings. The zero-order valence-corrected chi connectivity index (χ0v) is 61.2. The Bertz CT molecular complexity index is 5410. The molecule has 0 atom stereocenters. The number of aryl methyl sites for hydroxylation is 2. The quantitative estimate of drug-likeness (QED) is 0.0845. The minimum absolute atomic E-state index is 0. The zero-order valence-electron chi connectivity index (χ0n) is 59.6. The highest BCUT2D eigenvalue weighted by atomic mass is 79.9. The monoisotopic (exact) mass is 1510 g/mol. The Kier molecular flexibility index (Phi) is 26.7. The maximum Gasteiger partial charge on any atom is 0.435 e. The molecule has 3 N–H and O–H groups in total. The summed E-state index contributed by atoms with van der Waals surface area (Å²) in [7, 11) is 0. The van der Waals surface area contributed by atoms with Gasteiger partial charge in [0.1, 0.15) is 99.5 Å². The van der Waals surface area contributed by atoms with Crippen molar-refractivity contribution < 1.29 is 56.4 Å². The van der Waals surface area contributed by atoms with Crippen LogP contribution in [0.25, 0.3) is 66.9 Å². The summed E-state index contributed by atoms with van der Waals surface area (Å²) < 4.78 is 48.1. The number of rotatable bonds is 10. The smallest absolute Gasteiger partial charge is 0.435 e. The first-order chi connectivity index (χ1) is 50.6. The lowest BCUT2D eigenvalue weighted by Crippen LogP contribution is -2.27. The number of aromatic hydroxyl groups is 1. The lowest BCUT2D eigenvalue weighted by molar-refractivity contribution is 0.0503. The van der Waals surface area contributed by atoms with E-state index in [-0.39, 0.29) is 19.8 Å². The van der Waals surface area contributed by atoms with Gasteiger partial charge in [-0.25, -0.2) is 14.4 Å². The molecule has 11 aromatic heterocycles. The fraction of sp³-hybridized carbons (Fsp3) is 0.231. The third-order valence-electron chi connectivity index (χ3n) is 14.0. The Morgan fingerprint density at radius 2 is 0.869 bits per heavy atom. The van der Waals surface area contributed by atoms with Crippen LogP contribution in [0.1, 0.15) is 114 Å². The molecule has 0 aliphatic heterocycles. The molecule has 0 saturated carbocycles. The Morgan fingerprint density at radius 3 is 1.23 bits per heavy atom. The summed E-state index contributed by atoms with van der Waals surface area (Å²) in [5.74, 6) is 3.38. The van der Waals surface area contributed by atoms with E-state index < -0.39 is 35.1 Å². The van der Waals surface area contributed by atoms with Crippen LogP contribution in [-0.4, -0.2) is 105 Å². The minimum atomic E-state index is -0.594. The van der Waals surface area contributed by atoms with E-state index >= 15 is 0 Å². The molecule has 3 aromatic carbocycles. The molecule has 11 heterocycles. The van der Waals surface area contributed by atoms with Crippen LogP contribution in [0.4, 0.5) is 14.4 Å². The van der Waals surface area contributed by atoms with Gasteiger partial charge < -0.3 is 42.0 Å². The molecular weight excluding hydrogens is 1430 g/mol. The van der Waals surface area contributed by atoms with Crippen LogP contribution in [-0.2, 0) is 32.8 Å². The van der Waals surface area contributed by atoms with Crippen molar-refractivity contribution in [1.29, 1.82) is 15.8 Å². The molecule has 0 amide bonds. The van der Waals surface area contributed by atoms with Gasteiger partial charge >= 0.3 is 18.3 Å². The van der Waals surface area contributed by atoms with Crippen molar-refractivity contribution >= 4 is 67.1 Å². The van der Waals surface area contributed by atoms with E-state index in [1.807, 2.05) is 104 Å². The first kappa shape index (κ1) is 79.2. The van der Waals surface area contributed by atoms with E-state index in [4.69, 9.17) is 42.2 Å². The van der Waals surface area contributed by atoms with Crippen LogP contribution in [0.15, 0.2) is 203 Å². The molecule has 0 saturated heterocycles. The van der Waals surface area contributed by atoms with Crippen LogP contribution >= 0.6 is 15.9 Å². The fourth-order valence-corrected chi connectivity index (χ4v) is 9.54. The maximum atomic E-state index is 12.1. The van der Waals surface area contributed by atoms with Crippen molar-refractivity contribution in [3.8, 4) is 69.4 Å². The van der Waals surface area contributed by atoms with Crippen molar-refractivity contribution in [2.75, 3.05) is 0 Å². The van der Waals surface area contributed by atoms with Gasteiger partial charge in [0.2, 0.25) is 0 Å². The number of ether oxygens (including phenoxy) is 5. The molecule has 29 heteroatoms. The van der Waals surface area contributed by atoms with Crippen molar-refractivity contribution in [3.63, 3.8) is 0 Å². The molecule has 107 heavy (non-hydrogen) atoms. The predicted molar refractivity (Wildman–Crippen MR) is 400 cm³/mol. The van der Waals surface area contributed by atoms with E-state index in [1.54, 1.807) is 144 Å². The lowest BCUT2D eigenvalue weighted by Gasteiger charge is -2.18. The van der Waals surface area contributed by atoms with Crippen LogP contribution in [0.3, 0.4) is 0 Å². The number of aromatic nitrogens is 13. The Labute approximate surface area is 623 Å². The molecular formula is C78H77BrN16O12. The van der Waals surface area contributed by atoms with E-state index in [0.29, 0.717) is 74.0 Å². The van der Waals surface area contributed by atoms with Gasteiger partial charge in [0.25, 0.3) is 0 Å². The molecule has 0 aliphatic rings. The Morgan fingerprint density at radius 1 is 0.477 bits per heavy atom. The third kappa shape index (κ3) is 23.3. The fourth-order valence-electron chi connectivity index (χ4n) is 9.25. The normalized spacial score (nSPS) is 10.8. The van der Waals surface area contributed by atoms with Crippen LogP contribution in [0, 0.1) is 47.8 Å². The van der Waals surface area contributed by atoms with Gasteiger partial charge in [0.05, 0.1) is 47.7 Å². The topological polar surface area (TPSA) is 378 Å². The van der Waals surface area contributed by atoms with E-state index in [0.717, 1.165) is 60.0 Å². The van der Waals surface area contributed by atoms with Crippen molar-refractivity contribution in [2.24, 2.45) is 0 Å². The minimum Gasteiger partial charge on any atom is -0.508 e. The summed E-state index contributed by atoms with van der Waals surface area (Å²) in [5.41, 5.74) is 8.78. The first-order valence-electron chi connectivity index (χ1n) is 32.5. The second-order valence-corrected chi connectivity index (χ2v) is 26.7. The summed E-state index contributed by atoms with van der Waals surface area (Å²) in [6.45, 7) is 20.8. The highest BCUT2D eigenvalue weighted by Crippen LogP contribution is 2.35. The van der Waals surface area contributed by atoms with E-state index in [1.165, 1.54) is 33.5 Å². The molecule has 0 aliphatic carbocycles. The standard InChI is InChI=1S/C23H20N4O4.C18H12N4O2.C14H8N2O2.C9H13BrN2O2.C9H14N2O2.C4H6N2.CH4/c1-23(2,3)31-22(28)27-13-15(11-26-27)14-29-18-4-5-20-16(8-18)9-21(30-20)19-6-7-25-12-17(19)10-24;19-7-14-10-20-4-3-16(14)18-6-13-5-15(1-2-17(13)24-18)23-11-12-8-21-22-9-12;15-7-10-8-16-4-3-12(10)14-6-9-5-11(17)1-2-13(9)18-14;1-9(2,3)14-8(13)12-6-7(4-10)5-11-12;1-7-5-10-11(6-7)8(12)13-9(2,3)4;1-4-2-5-6-3-4;/h4-9,11-13H,14H2,1-3H3;1-6,8-10H,11H2,(H,21,22);1-6,8,17H;5-6H,4H2,1-3H3;5-6H,1-4H3;2-3H,1H3,(H,5,6);1H4. The van der Waals surface area contributed by atoms with Crippen LogP contribution in [0.2, 0.25) is 0 Å². The van der Waals surface area contributed by atoms with Gasteiger partial charge in [-0.1, -0.05) is 23.4 Å². The van der Waals surface area contributed by atoms with Gasteiger partial charge in [-0.15, -0.1) is 0 Å². The van der Waals surface area contributed by atoms with Gasteiger partial charge in [0, 0.05) is 123 Å². The number of phenolic OH excluding ortho intramolecular Hbond substituents is 1. The Hall–Kier alpha value is -13.5. The number of fused-ring (bicyclic) bond motifs is 3. The van der Waals surface area contributed by atoms with Crippen LogP contribution in [0.5, 0.6) is 17.2 Å². The number of phenols is 1. The highest BCUT2D eigenvalue weighted by Gasteiger charge is 2.22. The number of alkyl halides is 1. The molecule has 28 nitrogen and oxygen atoms in total. The summed E-state index contributed by atoms with van der Waals surface area (Å²) in [5, 5.41) is 64.9. The number of pyridine rings is 3.